The molecule has 1 fully saturated rings. The van der Waals surface area contributed by atoms with Gasteiger partial charge in [0.15, 0.2) is 0 Å². The molecule has 0 spiro atoms. The van der Waals surface area contributed by atoms with Crippen LogP contribution in [0.1, 0.15) is 50.3 Å². The van der Waals surface area contributed by atoms with Crippen molar-refractivity contribution in [2.24, 2.45) is 0 Å². The highest BCUT2D eigenvalue weighted by Gasteiger charge is 2.39. The SMILES string of the molecule is CCC1(C(=O)NC(C)c2cccc(C(F)(F)F)c2)CCCN1.Cl. The molecule has 1 heterocycles. The van der Waals surface area contributed by atoms with Crippen LogP contribution in [0.4, 0.5) is 13.2 Å². The molecule has 23 heavy (non-hydrogen) atoms. The third-order valence-electron chi connectivity index (χ3n) is 4.34. The third kappa shape index (κ3) is 4.38. The first kappa shape index (κ1) is 19.8. The molecule has 1 saturated heterocycles. The standard InChI is InChI=1S/C16H21F3N2O.ClH/c1-3-15(8-5-9-20-15)14(22)21-11(2)12-6-4-7-13(10-12)16(17,18)19;/h4,6-7,10-11,20H,3,5,8-9H2,1-2H3,(H,21,22);1H. The molecular formula is C16H22ClF3N2O. The molecule has 3 nitrogen and oxygen atoms in total. The van der Waals surface area contributed by atoms with E-state index in [0.717, 1.165) is 31.5 Å². The lowest BCUT2D eigenvalue weighted by molar-refractivity contribution is -0.137. The van der Waals surface area contributed by atoms with Gasteiger partial charge in [-0.2, -0.15) is 13.2 Å². The Morgan fingerprint density at radius 1 is 1.43 bits per heavy atom. The van der Waals surface area contributed by atoms with Crippen LogP contribution < -0.4 is 10.6 Å². The monoisotopic (exact) mass is 350 g/mol. The van der Waals surface area contributed by atoms with Crippen molar-refractivity contribution in [3.63, 3.8) is 0 Å². The lowest BCUT2D eigenvalue weighted by atomic mass is 9.92. The average Bonchev–Trinajstić information content (AvgIpc) is 2.96. The highest BCUT2D eigenvalue weighted by Crippen LogP contribution is 2.31. The molecule has 0 bridgehead atoms. The Morgan fingerprint density at radius 3 is 2.65 bits per heavy atom. The molecule has 7 heteroatoms. The summed E-state index contributed by atoms with van der Waals surface area (Å²) in [5.41, 5.74) is -0.835. The molecular weight excluding hydrogens is 329 g/mol. The summed E-state index contributed by atoms with van der Waals surface area (Å²) in [5, 5.41) is 6.06. The topological polar surface area (TPSA) is 41.1 Å². The van der Waals surface area contributed by atoms with Crippen molar-refractivity contribution in [2.75, 3.05) is 6.54 Å². The second kappa shape index (κ2) is 7.53. The molecule has 1 amide bonds. The summed E-state index contributed by atoms with van der Waals surface area (Å²) >= 11 is 0. The molecule has 1 aromatic rings. The Kier molecular flexibility index (Phi) is 6.48. The maximum absolute atomic E-state index is 12.8. The predicted molar refractivity (Wildman–Crippen MR) is 85.5 cm³/mol. The molecule has 2 N–H and O–H groups in total. The van der Waals surface area contributed by atoms with Crippen molar-refractivity contribution in [3.8, 4) is 0 Å². The zero-order chi connectivity index (χ0) is 16.4. The number of carbonyl (C=O) groups excluding carboxylic acids is 1. The van der Waals surface area contributed by atoms with Gasteiger partial charge in [-0.3, -0.25) is 4.79 Å². The minimum atomic E-state index is -4.38. The fourth-order valence-electron chi connectivity index (χ4n) is 2.86. The number of nitrogens with one attached hydrogen (secondary N) is 2. The molecule has 0 radical (unpaired) electrons. The fraction of sp³-hybridized carbons (Fsp3) is 0.562. The van der Waals surface area contributed by atoms with Gasteiger partial charge < -0.3 is 10.6 Å². The molecule has 1 aliphatic rings. The summed E-state index contributed by atoms with van der Waals surface area (Å²) in [4.78, 5) is 12.5. The van der Waals surface area contributed by atoms with Crippen molar-refractivity contribution in [1.82, 2.24) is 10.6 Å². The highest BCUT2D eigenvalue weighted by atomic mass is 35.5. The Balaban J connectivity index is 0.00000264. The number of alkyl halides is 3. The molecule has 2 rings (SSSR count). The van der Waals surface area contributed by atoms with Crippen LogP contribution >= 0.6 is 12.4 Å². The van der Waals surface area contributed by atoms with E-state index in [2.05, 4.69) is 10.6 Å². The minimum Gasteiger partial charge on any atom is -0.348 e. The lowest BCUT2D eigenvalue weighted by Gasteiger charge is -2.29. The highest BCUT2D eigenvalue weighted by molar-refractivity contribution is 5.87. The van der Waals surface area contributed by atoms with Gasteiger partial charge in [-0.05, 0) is 50.4 Å². The van der Waals surface area contributed by atoms with Crippen LogP contribution in [0.15, 0.2) is 24.3 Å². The Bertz CT molecular complexity index is 542. The van der Waals surface area contributed by atoms with Crippen LogP contribution in [0.3, 0.4) is 0 Å². The molecule has 2 atom stereocenters. The summed E-state index contributed by atoms with van der Waals surface area (Å²) in [6.45, 7) is 4.43. The zero-order valence-corrected chi connectivity index (χ0v) is 14.0. The van der Waals surface area contributed by atoms with Crippen molar-refractivity contribution < 1.29 is 18.0 Å². The van der Waals surface area contributed by atoms with E-state index in [1.165, 1.54) is 6.07 Å². The second-order valence-corrected chi connectivity index (χ2v) is 5.78. The first-order valence-corrected chi connectivity index (χ1v) is 7.51. The van der Waals surface area contributed by atoms with E-state index >= 15 is 0 Å². The molecule has 0 saturated carbocycles. The summed E-state index contributed by atoms with van der Waals surface area (Å²) in [7, 11) is 0. The first-order valence-electron chi connectivity index (χ1n) is 7.51. The van der Waals surface area contributed by atoms with Gasteiger partial charge in [0, 0.05) is 0 Å². The maximum Gasteiger partial charge on any atom is 0.416 e. The van der Waals surface area contributed by atoms with Crippen LogP contribution in [-0.4, -0.2) is 18.0 Å². The number of halogens is 4. The van der Waals surface area contributed by atoms with Crippen molar-refractivity contribution >= 4 is 18.3 Å². The molecule has 0 aliphatic carbocycles. The minimum absolute atomic E-state index is 0. The summed E-state index contributed by atoms with van der Waals surface area (Å²) in [6.07, 6.45) is -2.03. The number of amides is 1. The van der Waals surface area contributed by atoms with Gasteiger partial charge >= 0.3 is 6.18 Å². The van der Waals surface area contributed by atoms with Gasteiger partial charge in [0.2, 0.25) is 5.91 Å². The number of hydrogen-bond donors (Lipinski definition) is 2. The number of carbonyl (C=O) groups is 1. The molecule has 130 valence electrons. The van der Waals surface area contributed by atoms with Crippen molar-refractivity contribution in [3.05, 3.63) is 35.4 Å². The van der Waals surface area contributed by atoms with E-state index in [4.69, 9.17) is 0 Å². The van der Waals surface area contributed by atoms with E-state index in [0.29, 0.717) is 12.0 Å². The number of rotatable bonds is 4. The van der Waals surface area contributed by atoms with Crippen molar-refractivity contribution in [1.29, 1.82) is 0 Å². The van der Waals surface area contributed by atoms with E-state index in [9.17, 15) is 18.0 Å². The average molecular weight is 351 g/mol. The first-order chi connectivity index (χ1) is 10.3. The number of benzene rings is 1. The normalized spacial score (nSPS) is 22.3. The summed E-state index contributed by atoms with van der Waals surface area (Å²) in [5.74, 6) is -0.141. The van der Waals surface area contributed by atoms with Gasteiger partial charge in [-0.15, -0.1) is 12.4 Å². The predicted octanol–water partition coefficient (Wildman–Crippen LogP) is 3.84. The molecule has 1 aliphatic heterocycles. The second-order valence-electron chi connectivity index (χ2n) is 5.78. The Morgan fingerprint density at radius 2 is 2.13 bits per heavy atom. The third-order valence-corrected chi connectivity index (χ3v) is 4.34. The van der Waals surface area contributed by atoms with Crippen LogP contribution in [-0.2, 0) is 11.0 Å². The van der Waals surface area contributed by atoms with Crippen LogP contribution in [0.5, 0.6) is 0 Å². The quantitative estimate of drug-likeness (QED) is 0.866. The van der Waals surface area contributed by atoms with Gasteiger partial charge in [-0.25, -0.2) is 0 Å². The largest absolute Gasteiger partial charge is 0.416 e. The Labute approximate surface area is 140 Å². The maximum atomic E-state index is 12.8. The van der Waals surface area contributed by atoms with Gasteiger partial charge in [0.25, 0.3) is 0 Å². The van der Waals surface area contributed by atoms with Gasteiger partial charge in [-0.1, -0.05) is 19.1 Å². The van der Waals surface area contributed by atoms with Gasteiger partial charge in [0.1, 0.15) is 0 Å². The molecule has 1 aromatic carbocycles. The summed E-state index contributed by atoms with van der Waals surface area (Å²) < 4.78 is 38.3. The van der Waals surface area contributed by atoms with E-state index in [1.54, 1.807) is 13.0 Å². The summed E-state index contributed by atoms with van der Waals surface area (Å²) in [6, 6.07) is 4.61. The number of hydrogen-bond acceptors (Lipinski definition) is 2. The van der Waals surface area contributed by atoms with E-state index < -0.39 is 23.3 Å². The van der Waals surface area contributed by atoms with Crippen LogP contribution in [0, 0.1) is 0 Å². The van der Waals surface area contributed by atoms with Crippen LogP contribution in [0.25, 0.3) is 0 Å². The smallest absolute Gasteiger partial charge is 0.348 e. The zero-order valence-electron chi connectivity index (χ0n) is 13.2. The van der Waals surface area contributed by atoms with Crippen molar-refractivity contribution in [2.45, 2.75) is 50.9 Å². The molecule has 2 unspecified atom stereocenters. The van der Waals surface area contributed by atoms with E-state index in [1.807, 2.05) is 6.92 Å². The van der Waals surface area contributed by atoms with Crippen LogP contribution in [0.2, 0.25) is 0 Å². The Hall–Kier alpha value is -1.27. The molecule has 0 aromatic heterocycles. The van der Waals surface area contributed by atoms with Gasteiger partial charge in [0.05, 0.1) is 17.1 Å². The fourth-order valence-corrected chi connectivity index (χ4v) is 2.86. The van der Waals surface area contributed by atoms with E-state index in [-0.39, 0.29) is 18.3 Å². The lowest BCUT2D eigenvalue weighted by Crippen LogP contribution is -2.53.